The lowest BCUT2D eigenvalue weighted by Crippen LogP contribution is -2.28. The lowest BCUT2D eigenvalue weighted by atomic mass is 10.1. The lowest BCUT2D eigenvalue weighted by molar-refractivity contribution is -0.160. The van der Waals surface area contributed by atoms with Crippen molar-refractivity contribution >= 4 is 16.5 Å². The van der Waals surface area contributed by atoms with E-state index >= 15 is 0 Å². The number of thiazole rings is 1. The van der Waals surface area contributed by atoms with Crippen LogP contribution in [0.2, 0.25) is 0 Å². The topological polar surface area (TPSA) is 57.4 Å². The molecule has 0 bridgehead atoms. The maximum atomic E-state index is 5.80. The van der Waals surface area contributed by atoms with Crippen LogP contribution in [0.3, 0.4) is 0 Å². The molecule has 1 fully saturated rings. The molecule has 2 rings (SSSR count). The Bertz CT molecular complexity index is 350. The average Bonchev–Trinajstić information content (AvgIpc) is 2.57. The zero-order valence-corrected chi connectivity index (χ0v) is 9.35. The Morgan fingerprint density at radius 3 is 2.64 bits per heavy atom. The molecular formula is C9H14N2O2S. The number of ether oxygens (including phenoxy) is 2. The van der Waals surface area contributed by atoms with Crippen LogP contribution in [0, 0.1) is 0 Å². The van der Waals surface area contributed by atoms with Crippen LogP contribution in [0.25, 0.3) is 0 Å². The van der Waals surface area contributed by atoms with Gasteiger partial charge in [-0.25, -0.2) is 4.98 Å². The lowest BCUT2D eigenvalue weighted by Gasteiger charge is -2.23. The molecule has 4 nitrogen and oxygen atoms in total. The SMILES string of the molecule is CC1(C)OCC(C)(c2csc(N)n2)O1. The summed E-state index contributed by atoms with van der Waals surface area (Å²) in [6, 6.07) is 0. The summed E-state index contributed by atoms with van der Waals surface area (Å²) >= 11 is 1.42. The summed E-state index contributed by atoms with van der Waals surface area (Å²) in [4.78, 5) is 4.22. The molecule has 1 aliphatic heterocycles. The van der Waals surface area contributed by atoms with E-state index in [9.17, 15) is 0 Å². The minimum absolute atomic E-state index is 0.461. The van der Waals surface area contributed by atoms with Crippen LogP contribution in [0.5, 0.6) is 0 Å². The third-order valence-corrected chi connectivity index (χ3v) is 2.90. The monoisotopic (exact) mass is 214 g/mol. The van der Waals surface area contributed by atoms with Crippen molar-refractivity contribution in [1.29, 1.82) is 0 Å². The van der Waals surface area contributed by atoms with Crippen LogP contribution in [0.4, 0.5) is 5.13 Å². The maximum Gasteiger partial charge on any atom is 0.180 e. The second-order valence-corrected chi connectivity index (χ2v) is 4.98. The van der Waals surface area contributed by atoms with E-state index in [1.807, 2.05) is 26.2 Å². The molecule has 0 aliphatic carbocycles. The smallest absolute Gasteiger partial charge is 0.180 e. The summed E-state index contributed by atoms with van der Waals surface area (Å²) < 4.78 is 11.3. The van der Waals surface area contributed by atoms with E-state index in [1.54, 1.807) is 0 Å². The van der Waals surface area contributed by atoms with Gasteiger partial charge in [-0.15, -0.1) is 11.3 Å². The van der Waals surface area contributed by atoms with Gasteiger partial charge in [0.25, 0.3) is 0 Å². The van der Waals surface area contributed by atoms with Gasteiger partial charge in [0.05, 0.1) is 12.3 Å². The molecule has 1 saturated heterocycles. The van der Waals surface area contributed by atoms with Crippen LogP contribution >= 0.6 is 11.3 Å². The van der Waals surface area contributed by atoms with Crippen molar-refractivity contribution in [2.75, 3.05) is 12.3 Å². The summed E-state index contributed by atoms with van der Waals surface area (Å²) in [7, 11) is 0. The van der Waals surface area contributed by atoms with Crippen molar-refractivity contribution in [1.82, 2.24) is 4.98 Å². The Morgan fingerprint density at radius 1 is 1.50 bits per heavy atom. The van der Waals surface area contributed by atoms with Crippen molar-refractivity contribution in [2.45, 2.75) is 32.2 Å². The highest BCUT2D eigenvalue weighted by Gasteiger charge is 2.44. The van der Waals surface area contributed by atoms with E-state index in [4.69, 9.17) is 15.2 Å². The first-order valence-corrected chi connectivity index (χ1v) is 5.35. The first-order valence-electron chi connectivity index (χ1n) is 4.47. The second kappa shape index (κ2) is 2.92. The number of hydrogen-bond donors (Lipinski definition) is 1. The summed E-state index contributed by atoms with van der Waals surface area (Å²) in [5, 5.41) is 2.48. The van der Waals surface area contributed by atoms with Crippen molar-refractivity contribution in [3.8, 4) is 0 Å². The number of anilines is 1. The first kappa shape index (κ1) is 9.89. The molecule has 14 heavy (non-hydrogen) atoms. The number of rotatable bonds is 1. The van der Waals surface area contributed by atoms with Crippen LogP contribution in [-0.2, 0) is 15.1 Å². The largest absolute Gasteiger partial charge is 0.375 e. The Balaban J connectivity index is 2.27. The predicted molar refractivity (Wildman–Crippen MR) is 55.0 cm³/mol. The highest BCUT2D eigenvalue weighted by Crippen LogP contribution is 2.38. The zero-order chi connectivity index (χ0) is 10.4. The second-order valence-electron chi connectivity index (χ2n) is 4.09. The normalized spacial score (nSPS) is 30.8. The van der Waals surface area contributed by atoms with Crippen LogP contribution < -0.4 is 5.73 Å². The number of nitrogens with two attached hydrogens (primary N) is 1. The van der Waals surface area contributed by atoms with E-state index in [0.29, 0.717) is 11.7 Å². The minimum atomic E-state index is -0.535. The number of aromatic nitrogens is 1. The van der Waals surface area contributed by atoms with Crippen molar-refractivity contribution in [2.24, 2.45) is 0 Å². The van der Waals surface area contributed by atoms with Gasteiger partial charge in [0.1, 0.15) is 5.60 Å². The molecule has 1 aliphatic rings. The van der Waals surface area contributed by atoms with Gasteiger partial charge in [-0.05, 0) is 20.8 Å². The molecule has 5 heteroatoms. The van der Waals surface area contributed by atoms with Crippen LogP contribution in [0.15, 0.2) is 5.38 Å². The van der Waals surface area contributed by atoms with Gasteiger partial charge in [0.15, 0.2) is 10.9 Å². The quantitative estimate of drug-likeness (QED) is 0.773. The van der Waals surface area contributed by atoms with E-state index in [0.717, 1.165) is 5.69 Å². The summed E-state index contributed by atoms with van der Waals surface area (Å²) in [5.41, 5.74) is 5.98. The average molecular weight is 214 g/mol. The molecule has 2 N–H and O–H groups in total. The van der Waals surface area contributed by atoms with Gasteiger partial charge < -0.3 is 15.2 Å². The first-order chi connectivity index (χ1) is 6.41. The molecule has 0 radical (unpaired) electrons. The highest BCUT2D eigenvalue weighted by molar-refractivity contribution is 7.13. The van der Waals surface area contributed by atoms with Crippen molar-refractivity contribution in [3.05, 3.63) is 11.1 Å². The van der Waals surface area contributed by atoms with Gasteiger partial charge >= 0.3 is 0 Å². The molecule has 1 unspecified atom stereocenters. The summed E-state index contributed by atoms with van der Waals surface area (Å²) in [5.74, 6) is -0.535. The molecule has 1 atom stereocenters. The number of nitrogens with zero attached hydrogens (tertiary/aromatic N) is 1. The predicted octanol–water partition coefficient (Wildman–Crippen LogP) is 1.72. The van der Waals surface area contributed by atoms with Gasteiger partial charge in [-0.1, -0.05) is 0 Å². The number of hydrogen-bond acceptors (Lipinski definition) is 5. The van der Waals surface area contributed by atoms with E-state index in [-0.39, 0.29) is 0 Å². The molecule has 1 aromatic rings. The Morgan fingerprint density at radius 2 is 2.21 bits per heavy atom. The third kappa shape index (κ3) is 1.63. The van der Waals surface area contributed by atoms with E-state index in [2.05, 4.69) is 4.98 Å². The molecule has 0 aromatic carbocycles. The van der Waals surface area contributed by atoms with Gasteiger partial charge in [-0.3, -0.25) is 0 Å². The fraction of sp³-hybridized carbons (Fsp3) is 0.667. The van der Waals surface area contributed by atoms with E-state index < -0.39 is 11.4 Å². The van der Waals surface area contributed by atoms with E-state index in [1.165, 1.54) is 11.3 Å². The molecule has 78 valence electrons. The maximum absolute atomic E-state index is 5.80. The van der Waals surface area contributed by atoms with Crippen LogP contribution in [-0.4, -0.2) is 17.4 Å². The Kier molecular flexibility index (Phi) is 2.06. The van der Waals surface area contributed by atoms with Gasteiger partial charge in [0.2, 0.25) is 0 Å². The minimum Gasteiger partial charge on any atom is -0.375 e. The number of nitrogen functional groups attached to an aromatic ring is 1. The molecule has 2 heterocycles. The third-order valence-electron chi connectivity index (χ3n) is 2.23. The fourth-order valence-corrected chi connectivity index (χ4v) is 2.26. The Labute approximate surface area is 87.0 Å². The van der Waals surface area contributed by atoms with Gasteiger partial charge in [0, 0.05) is 5.38 Å². The van der Waals surface area contributed by atoms with Crippen molar-refractivity contribution in [3.63, 3.8) is 0 Å². The van der Waals surface area contributed by atoms with Crippen molar-refractivity contribution < 1.29 is 9.47 Å². The van der Waals surface area contributed by atoms with Gasteiger partial charge in [-0.2, -0.15) is 0 Å². The highest BCUT2D eigenvalue weighted by atomic mass is 32.1. The molecule has 0 saturated carbocycles. The van der Waals surface area contributed by atoms with Crippen LogP contribution in [0.1, 0.15) is 26.5 Å². The molecule has 0 amide bonds. The molecule has 1 aromatic heterocycles. The zero-order valence-electron chi connectivity index (χ0n) is 8.53. The Hall–Kier alpha value is -0.650. The summed E-state index contributed by atoms with van der Waals surface area (Å²) in [6.45, 7) is 6.28. The summed E-state index contributed by atoms with van der Waals surface area (Å²) in [6.07, 6.45) is 0. The standard InChI is InChI=1S/C9H14N2O2S/c1-8(2)12-5-9(3,13-8)6-4-14-7(10)11-6/h4H,5H2,1-3H3,(H2,10,11). The molecular weight excluding hydrogens is 200 g/mol. The molecule has 0 spiro atoms. The fourth-order valence-electron chi connectivity index (χ4n) is 1.57.